The normalized spacial score (nSPS) is 13.0. The number of benzene rings is 1. The Morgan fingerprint density at radius 3 is 2.75 bits per heavy atom. The van der Waals surface area contributed by atoms with Gasteiger partial charge in [0.1, 0.15) is 17.8 Å². The van der Waals surface area contributed by atoms with Crippen LogP contribution in [0.4, 0.5) is 10.8 Å². The minimum absolute atomic E-state index is 0.115. The molecule has 9 heteroatoms. The number of aromatic nitrogens is 3. The lowest BCUT2D eigenvalue weighted by molar-refractivity contribution is 0.0726. The molecular formula is C19H19N5O3S. The van der Waals surface area contributed by atoms with E-state index in [9.17, 15) is 4.79 Å². The first-order valence-corrected chi connectivity index (χ1v) is 9.58. The highest BCUT2D eigenvalue weighted by Crippen LogP contribution is 2.27. The van der Waals surface area contributed by atoms with E-state index in [-0.39, 0.29) is 5.91 Å². The lowest BCUT2D eigenvalue weighted by Gasteiger charge is -2.28. The van der Waals surface area contributed by atoms with Gasteiger partial charge in [0.05, 0.1) is 32.0 Å². The van der Waals surface area contributed by atoms with Crippen molar-refractivity contribution in [1.29, 1.82) is 0 Å². The maximum atomic E-state index is 12.9. The summed E-state index contributed by atoms with van der Waals surface area (Å²) in [7, 11) is 3.20. The van der Waals surface area contributed by atoms with E-state index in [1.165, 1.54) is 17.7 Å². The molecule has 3 aromatic rings. The molecule has 1 N–H and O–H groups in total. The van der Waals surface area contributed by atoms with Crippen molar-refractivity contribution in [2.45, 2.75) is 13.0 Å². The van der Waals surface area contributed by atoms with Crippen LogP contribution in [0.5, 0.6) is 11.6 Å². The van der Waals surface area contributed by atoms with Crippen molar-refractivity contribution in [3.05, 3.63) is 52.9 Å². The molecule has 1 amide bonds. The van der Waals surface area contributed by atoms with Crippen molar-refractivity contribution in [1.82, 2.24) is 19.9 Å². The number of carbonyl (C=O) groups excluding carboxylic acids is 1. The minimum Gasteiger partial charge on any atom is -0.497 e. The molecule has 0 saturated carbocycles. The summed E-state index contributed by atoms with van der Waals surface area (Å²) >= 11 is 1.39. The van der Waals surface area contributed by atoms with Gasteiger partial charge in [-0.2, -0.15) is 0 Å². The van der Waals surface area contributed by atoms with Crippen LogP contribution in [-0.2, 0) is 13.0 Å². The second-order valence-electron chi connectivity index (χ2n) is 6.18. The van der Waals surface area contributed by atoms with Crippen LogP contribution in [0.1, 0.15) is 21.7 Å². The Morgan fingerprint density at radius 2 is 2.00 bits per heavy atom. The highest BCUT2D eigenvalue weighted by molar-refractivity contribution is 7.14. The lowest BCUT2D eigenvalue weighted by Crippen LogP contribution is -2.36. The quantitative estimate of drug-likeness (QED) is 0.708. The van der Waals surface area contributed by atoms with Gasteiger partial charge >= 0.3 is 0 Å². The summed E-state index contributed by atoms with van der Waals surface area (Å²) in [6, 6.07) is 7.52. The fraction of sp³-hybridized carbons (Fsp3) is 0.263. The van der Waals surface area contributed by atoms with E-state index < -0.39 is 0 Å². The fourth-order valence-corrected chi connectivity index (χ4v) is 3.76. The van der Waals surface area contributed by atoms with Crippen molar-refractivity contribution < 1.29 is 14.3 Å². The largest absolute Gasteiger partial charge is 0.497 e. The Bertz CT molecular complexity index is 975. The Morgan fingerprint density at radius 1 is 1.18 bits per heavy atom. The molecule has 0 bridgehead atoms. The van der Waals surface area contributed by atoms with E-state index in [2.05, 4.69) is 20.3 Å². The van der Waals surface area contributed by atoms with Gasteiger partial charge in [-0.25, -0.2) is 15.0 Å². The molecular weight excluding hydrogens is 378 g/mol. The molecule has 144 valence electrons. The Balaban J connectivity index is 1.47. The first kappa shape index (κ1) is 18.2. The molecule has 4 rings (SSSR count). The second-order valence-corrected chi connectivity index (χ2v) is 7.03. The number of rotatable bonds is 5. The van der Waals surface area contributed by atoms with E-state index in [4.69, 9.17) is 9.47 Å². The number of hydrogen-bond donors (Lipinski definition) is 1. The van der Waals surface area contributed by atoms with E-state index in [1.807, 2.05) is 24.3 Å². The van der Waals surface area contributed by atoms with Crippen molar-refractivity contribution in [2.24, 2.45) is 0 Å². The van der Waals surface area contributed by atoms with Crippen LogP contribution in [0.3, 0.4) is 0 Å². The number of anilines is 2. The SMILES string of the molecule is COc1ccc(Nc2nc(C(=O)N3CCc4ncnc(OC)c4C3)cs2)cc1. The molecule has 28 heavy (non-hydrogen) atoms. The van der Waals surface area contributed by atoms with Crippen LogP contribution in [-0.4, -0.2) is 46.5 Å². The number of methoxy groups -OCH3 is 2. The van der Waals surface area contributed by atoms with E-state index in [0.29, 0.717) is 36.2 Å². The van der Waals surface area contributed by atoms with Crippen LogP contribution < -0.4 is 14.8 Å². The summed E-state index contributed by atoms with van der Waals surface area (Å²) < 4.78 is 10.5. The van der Waals surface area contributed by atoms with Gasteiger partial charge in [0.15, 0.2) is 5.13 Å². The smallest absolute Gasteiger partial charge is 0.273 e. The number of ether oxygens (including phenoxy) is 2. The third kappa shape index (κ3) is 3.61. The Labute approximate surface area is 166 Å². The first-order chi connectivity index (χ1) is 13.7. The molecule has 1 aromatic carbocycles. The average molecular weight is 397 g/mol. The third-order valence-electron chi connectivity index (χ3n) is 4.51. The average Bonchev–Trinajstić information content (AvgIpc) is 3.21. The zero-order valence-corrected chi connectivity index (χ0v) is 16.3. The van der Waals surface area contributed by atoms with Gasteiger partial charge in [0.25, 0.3) is 5.91 Å². The Kier molecular flexibility index (Phi) is 5.07. The van der Waals surface area contributed by atoms with Gasteiger partial charge in [-0.05, 0) is 24.3 Å². The molecule has 0 atom stereocenters. The molecule has 2 aromatic heterocycles. The fourth-order valence-electron chi connectivity index (χ4n) is 3.05. The molecule has 0 aliphatic carbocycles. The first-order valence-electron chi connectivity index (χ1n) is 8.70. The summed E-state index contributed by atoms with van der Waals surface area (Å²) in [5.74, 6) is 1.18. The molecule has 0 radical (unpaired) electrons. The summed E-state index contributed by atoms with van der Waals surface area (Å²) in [5, 5.41) is 5.63. The van der Waals surface area contributed by atoms with Crippen LogP contribution in [0, 0.1) is 0 Å². The van der Waals surface area contributed by atoms with Gasteiger partial charge in [-0.1, -0.05) is 0 Å². The van der Waals surface area contributed by atoms with E-state index in [0.717, 1.165) is 22.7 Å². The number of fused-ring (bicyclic) bond motifs is 1. The number of thiazole rings is 1. The molecule has 8 nitrogen and oxygen atoms in total. The topological polar surface area (TPSA) is 89.5 Å². The number of hydrogen-bond acceptors (Lipinski definition) is 8. The third-order valence-corrected chi connectivity index (χ3v) is 5.27. The van der Waals surface area contributed by atoms with Crippen molar-refractivity contribution in [3.8, 4) is 11.6 Å². The minimum atomic E-state index is -0.115. The maximum Gasteiger partial charge on any atom is 0.273 e. The van der Waals surface area contributed by atoms with Gasteiger partial charge in [-0.3, -0.25) is 4.79 Å². The summed E-state index contributed by atoms with van der Waals surface area (Å²) in [6.45, 7) is 1.00. The molecule has 0 unspecified atom stereocenters. The zero-order chi connectivity index (χ0) is 19.5. The second kappa shape index (κ2) is 7.81. The molecule has 0 saturated heterocycles. The van der Waals surface area contributed by atoms with Gasteiger partial charge in [-0.15, -0.1) is 11.3 Å². The van der Waals surface area contributed by atoms with Crippen LogP contribution >= 0.6 is 11.3 Å². The Hall–Kier alpha value is -3.20. The summed E-state index contributed by atoms with van der Waals surface area (Å²) in [4.78, 5) is 27.5. The van der Waals surface area contributed by atoms with Gasteiger partial charge in [0.2, 0.25) is 5.88 Å². The van der Waals surface area contributed by atoms with E-state index in [1.54, 1.807) is 24.5 Å². The number of nitrogens with one attached hydrogen (secondary N) is 1. The van der Waals surface area contributed by atoms with Crippen molar-refractivity contribution >= 4 is 28.1 Å². The van der Waals surface area contributed by atoms with Crippen molar-refractivity contribution in [2.75, 3.05) is 26.1 Å². The highest BCUT2D eigenvalue weighted by Gasteiger charge is 2.27. The van der Waals surface area contributed by atoms with Crippen LogP contribution in [0.25, 0.3) is 0 Å². The predicted octanol–water partition coefficient (Wildman–Crippen LogP) is 2.89. The molecule has 0 fully saturated rings. The highest BCUT2D eigenvalue weighted by atomic mass is 32.1. The van der Waals surface area contributed by atoms with Crippen LogP contribution in [0.15, 0.2) is 36.0 Å². The molecule has 1 aliphatic heterocycles. The monoisotopic (exact) mass is 397 g/mol. The lowest BCUT2D eigenvalue weighted by atomic mass is 10.1. The molecule has 0 spiro atoms. The standard InChI is InChI=1S/C19H19N5O3S/c1-26-13-5-3-12(4-6-13)22-19-23-16(10-28-19)18(25)24-8-7-15-14(9-24)17(27-2)21-11-20-15/h3-6,10-11H,7-9H2,1-2H3,(H,22,23). The number of nitrogens with zero attached hydrogens (tertiary/aromatic N) is 4. The van der Waals surface area contributed by atoms with Crippen LogP contribution in [0.2, 0.25) is 0 Å². The summed E-state index contributed by atoms with van der Waals surface area (Å²) in [6.07, 6.45) is 2.16. The van der Waals surface area contributed by atoms with Gasteiger partial charge in [0, 0.05) is 24.0 Å². The van der Waals surface area contributed by atoms with E-state index >= 15 is 0 Å². The number of amides is 1. The summed E-state index contributed by atoms with van der Waals surface area (Å²) in [5.41, 5.74) is 3.08. The zero-order valence-electron chi connectivity index (χ0n) is 15.5. The molecule has 1 aliphatic rings. The maximum absolute atomic E-state index is 12.9. The van der Waals surface area contributed by atoms with Gasteiger partial charge < -0.3 is 19.7 Å². The predicted molar refractivity (Wildman–Crippen MR) is 105 cm³/mol. The van der Waals surface area contributed by atoms with Crippen molar-refractivity contribution in [3.63, 3.8) is 0 Å². The molecule has 3 heterocycles. The number of carbonyl (C=O) groups is 1.